The summed E-state index contributed by atoms with van der Waals surface area (Å²) >= 11 is 1.90. The van der Waals surface area contributed by atoms with Crippen molar-refractivity contribution >= 4 is 34.2 Å². The van der Waals surface area contributed by atoms with Gasteiger partial charge in [-0.15, -0.1) is 0 Å². The lowest BCUT2D eigenvalue weighted by Gasteiger charge is -2.18. The summed E-state index contributed by atoms with van der Waals surface area (Å²) in [5.74, 6) is -0.119. The highest BCUT2D eigenvalue weighted by Crippen LogP contribution is 2.32. The Morgan fingerprint density at radius 3 is 3.00 bits per heavy atom. The number of nitrogens with two attached hydrogens (primary N) is 1. The first-order valence-electron chi connectivity index (χ1n) is 6.08. The highest BCUT2D eigenvalue weighted by atomic mass is 127. The number of hydrogen-bond acceptors (Lipinski definition) is 2. The van der Waals surface area contributed by atoms with Crippen molar-refractivity contribution in [3.8, 4) is 0 Å². The molecule has 2 rings (SSSR count). The average molecular weight is 362 g/mol. The van der Waals surface area contributed by atoms with Gasteiger partial charge in [0.2, 0.25) is 5.91 Å². The molecular weight excluding hydrogens is 346 g/mol. The minimum Gasteiger partial charge on any atom is -0.330 e. The first-order valence-corrected chi connectivity index (χ1v) is 7.16. The maximum absolute atomic E-state index is 13.4. The van der Waals surface area contributed by atoms with Gasteiger partial charge >= 0.3 is 0 Å². The molecule has 1 saturated carbocycles. The number of nitrogens with one attached hydrogen (secondary N) is 1. The molecule has 1 fully saturated rings. The van der Waals surface area contributed by atoms with Crippen LogP contribution >= 0.6 is 22.6 Å². The molecule has 1 amide bonds. The van der Waals surface area contributed by atoms with Crippen molar-refractivity contribution in [1.82, 2.24) is 0 Å². The molecule has 2 atom stereocenters. The fraction of sp³-hybridized carbons (Fsp3) is 0.462. The van der Waals surface area contributed by atoms with Crippen LogP contribution in [0.1, 0.15) is 19.3 Å². The van der Waals surface area contributed by atoms with Gasteiger partial charge in [0.15, 0.2) is 0 Å². The lowest BCUT2D eigenvalue weighted by molar-refractivity contribution is -0.120. The topological polar surface area (TPSA) is 55.1 Å². The molecule has 0 heterocycles. The van der Waals surface area contributed by atoms with Gasteiger partial charge < -0.3 is 11.1 Å². The van der Waals surface area contributed by atoms with Crippen molar-refractivity contribution in [3.63, 3.8) is 0 Å². The fourth-order valence-corrected chi connectivity index (χ4v) is 2.98. The van der Waals surface area contributed by atoms with Crippen molar-refractivity contribution in [2.45, 2.75) is 19.3 Å². The number of carbonyl (C=O) groups is 1. The molecule has 0 saturated heterocycles. The lowest BCUT2D eigenvalue weighted by Crippen LogP contribution is -2.30. The Morgan fingerprint density at radius 1 is 1.50 bits per heavy atom. The second-order valence-electron chi connectivity index (χ2n) is 4.62. The van der Waals surface area contributed by atoms with Gasteiger partial charge in [0.1, 0.15) is 5.82 Å². The Hall–Kier alpha value is -0.690. The number of rotatable bonds is 3. The van der Waals surface area contributed by atoms with Crippen LogP contribution in [-0.4, -0.2) is 12.5 Å². The van der Waals surface area contributed by atoms with Gasteiger partial charge in [0, 0.05) is 5.92 Å². The summed E-state index contributed by atoms with van der Waals surface area (Å²) in [4.78, 5) is 12.2. The molecule has 3 nitrogen and oxygen atoms in total. The van der Waals surface area contributed by atoms with E-state index < -0.39 is 0 Å². The highest BCUT2D eigenvalue weighted by Gasteiger charge is 2.32. The first-order chi connectivity index (χ1) is 8.63. The van der Waals surface area contributed by atoms with Crippen LogP contribution in [0.4, 0.5) is 10.1 Å². The number of carbonyl (C=O) groups excluding carboxylic acids is 1. The zero-order valence-corrected chi connectivity index (χ0v) is 12.1. The standard InChI is InChI=1S/C13H16FIN2O/c14-10-5-2-6-11(12(10)15)17-13(18)9-4-1-3-8(9)7-16/h2,5-6,8-9H,1,3-4,7,16H2,(H,17,18). The molecule has 1 aliphatic carbocycles. The maximum Gasteiger partial charge on any atom is 0.227 e. The van der Waals surface area contributed by atoms with E-state index in [1.807, 2.05) is 22.6 Å². The molecule has 0 spiro atoms. The van der Waals surface area contributed by atoms with Crippen LogP contribution < -0.4 is 11.1 Å². The highest BCUT2D eigenvalue weighted by molar-refractivity contribution is 14.1. The van der Waals surface area contributed by atoms with E-state index in [1.54, 1.807) is 12.1 Å². The van der Waals surface area contributed by atoms with Crippen LogP contribution in [0, 0.1) is 21.2 Å². The van der Waals surface area contributed by atoms with E-state index in [0.29, 0.717) is 15.8 Å². The molecule has 5 heteroatoms. The van der Waals surface area contributed by atoms with Gasteiger partial charge in [-0.2, -0.15) is 0 Å². The van der Waals surface area contributed by atoms with Gasteiger partial charge in [0.25, 0.3) is 0 Å². The summed E-state index contributed by atoms with van der Waals surface area (Å²) in [6, 6.07) is 4.70. The lowest BCUT2D eigenvalue weighted by atomic mass is 9.95. The van der Waals surface area contributed by atoms with Crippen molar-refractivity contribution < 1.29 is 9.18 Å². The zero-order chi connectivity index (χ0) is 13.1. The summed E-state index contributed by atoms with van der Waals surface area (Å²) < 4.78 is 13.8. The van der Waals surface area contributed by atoms with Crippen molar-refractivity contribution in [2.24, 2.45) is 17.6 Å². The van der Waals surface area contributed by atoms with Crippen LogP contribution in [0.5, 0.6) is 0 Å². The number of hydrogen-bond donors (Lipinski definition) is 2. The van der Waals surface area contributed by atoms with Crippen molar-refractivity contribution in [1.29, 1.82) is 0 Å². The third-order valence-corrected chi connectivity index (χ3v) is 4.60. The van der Waals surface area contributed by atoms with Gasteiger partial charge in [0.05, 0.1) is 9.26 Å². The molecular formula is C13H16FIN2O. The summed E-state index contributed by atoms with van der Waals surface area (Å²) in [7, 11) is 0. The monoisotopic (exact) mass is 362 g/mol. The van der Waals surface area contributed by atoms with Crippen LogP contribution in [0.25, 0.3) is 0 Å². The summed E-state index contributed by atoms with van der Waals surface area (Å²) in [6.07, 6.45) is 2.93. The predicted molar refractivity (Wildman–Crippen MR) is 77.6 cm³/mol. The van der Waals surface area contributed by atoms with Gasteiger partial charge in [-0.1, -0.05) is 12.5 Å². The second kappa shape index (κ2) is 5.97. The predicted octanol–water partition coefficient (Wildman–Crippen LogP) is 2.74. The minimum absolute atomic E-state index is 0.0333. The van der Waals surface area contributed by atoms with Gasteiger partial charge in [-0.05, 0) is 60.0 Å². The molecule has 2 unspecified atom stereocenters. The minimum atomic E-state index is -0.310. The van der Waals surface area contributed by atoms with Gasteiger partial charge in [-0.25, -0.2) is 4.39 Å². The Kier molecular flexibility index (Phi) is 4.55. The molecule has 98 valence electrons. The smallest absolute Gasteiger partial charge is 0.227 e. The molecule has 0 aliphatic heterocycles. The summed E-state index contributed by atoms with van der Waals surface area (Å²) in [6.45, 7) is 0.540. The first kappa shape index (κ1) is 13.7. The largest absolute Gasteiger partial charge is 0.330 e. The number of amides is 1. The van der Waals surface area contributed by atoms with Crippen LogP contribution in [-0.2, 0) is 4.79 Å². The van der Waals surface area contributed by atoms with E-state index in [4.69, 9.17) is 5.73 Å². The van der Waals surface area contributed by atoms with E-state index >= 15 is 0 Å². The van der Waals surface area contributed by atoms with E-state index in [1.165, 1.54) is 6.07 Å². The van der Waals surface area contributed by atoms with Crippen molar-refractivity contribution in [2.75, 3.05) is 11.9 Å². The maximum atomic E-state index is 13.4. The summed E-state index contributed by atoms with van der Waals surface area (Å²) in [5.41, 5.74) is 6.21. The van der Waals surface area contributed by atoms with E-state index in [-0.39, 0.29) is 23.6 Å². The summed E-state index contributed by atoms with van der Waals surface area (Å²) in [5, 5.41) is 2.82. The van der Waals surface area contributed by atoms with Crippen LogP contribution in [0.15, 0.2) is 18.2 Å². The molecule has 0 radical (unpaired) electrons. The Bertz CT molecular complexity index is 453. The third kappa shape index (κ3) is 2.83. The molecule has 1 aliphatic rings. The van der Waals surface area contributed by atoms with Gasteiger partial charge in [-0.3, -0.25) is 4.79 Å². The van der Waals surface area contributed by atoms with E-state index in [0.717, 1.165) is 19.3 Å². The third-order valence-electron chi connectivity index (χ3n) is 3.51. The van der Waals surface area contributed by atoms with E-state index in [2.05, 4.69) is 5.32 Å². The SMILES string of the molecule is NCC1CCCC1C(=O)Nc1cccc(F)c1I. The Balaban J connectivity index is 2.09. The number of halogens is 2. The molecule has 3 N–H and O–H groups in total. The Morgan fingerprint density at radius 2 is 2.28 bits per heavy atom. The molecule has 18 heavy (non-hydrogen) atoms. The van der Waals surface area contributed by atoms with Crippen LogP contribution in [0.2, 0.25) is 0 Å². The van der Waals surface area contributed by atoms with E-state index in [9.17, 15) is 9.18 Å². The number of anilines is 1. The fourth-order valence-electron chi connectivity index (χ4n) is 2.49. The normalized spacial score (nSPS) is 23.1. The number of benzene rings is 1. The Labute approximate surface area is 119 Å². The molecule has 1 aromatic carbocycles. The quantitative estimate of drug-likeness (QED) is 0.813. The molecule has 0 aromatic heterocycles. The second-order valence-corrected chi connectivity index (χ2v) is 5.70. The molecule has 1 aromatic rings. The van der Waals surface area contributed by atoms with Crippen LogP contribution in [0.3, 0.4) is 0 Å². The van der Waals surface area contributed by atoms with Crippen molar-refractivity contribution in [3.05, 3.63) is 27.6 Å². The molecule has 0 bridgehead atoms. The zero-order valence-electron chi connectivity index (χ0n) is 9.96. The average Bonchev–Trinajstić information content (AvgIpc) is 2.83.